The van der Waals surface area contributed by atoms with Gasteiger partial charge in [0.15, 0.2) is 0 Å². The van der Waals surface area contributed by atoms with Crippen molar-refractivity contribution < 1.29 is 9.15 Å². The Hall–Kier alpha value is -1.48. The summed E-state index contributed by atoms with van der Waals surface area (Å²) in [7, 11) is 0. The zero-order chi connectivity index (χ0) is 14.7. The van der Waals surface area contributed by atoms with Crippen LogP contribution in [0.15, 0.2) is 27.4 Å². The maximum Gasteiger partial charge on any atom is 0.336 e. The molecule has 0 atom stereocenters. The highest BCUT2D eigenvalue weighted by Crippen LogP contribution is 2.32. The summed E-state index contributed by atoms with van der Waals surface area (Å²) in [6.45, 7) is 5.97. The van der Waals surface area contributed by atoms with Crippen molar-refractivity contribution in [3.05, 3.63) is 39.2 Å². The van der Waals surface area contributed by atoms with Crippen LogP contribution in [-0.2, 0) is 6.42 Å². The van der Waals surface area contributed by atoms with Gasteiger partial charge in [-0.15, -0.1) is 0 Å². The van der Waals surface area contributed by atoms with Crippen molar-refractivity contribution in [1.82, 2.24) is 0 Å². The lowest BCUT2D eigenvalue weighted by molar-refractivity contribution is 0.242. The molecule has 2 aromatic rings. The summed E-state index contributed by atoms with van der Waals surface area (Å²) >= 11 is 6.25. The predicted molar refractivity (Wildman–Crippen MR) is 81.9 cm³/mol. The second kappa shape index (κ2) is 6.31. The number of ether oxygens (including phenoxy) is 1. The second-order valence-electron chi connectivity index (χ2n) is 5.14. The monoisotopic (exact) mass is 294 g/mol. The van der Waals surface area contributed by atoms with Gasteiger partial charge in [-0.05, 0) is 38.3 Å². The first-order valence-electron chi connectivity index (χ1n) is 6.94. The van der Waals surface area contributed by atoms with Crippen LogP contribution < -0.4 is 10.4 Å². The van der Waals surface area contributed by atoms with Gasteiger partial charge in [-0.3, -0.25) is 0 Å². The third kappa shape index (κ3) is 3.34. The van der Waals surface area contributed by atoms with E-state index in [2.05, 4.69) is 6.92 Å². The molecule has 108 valence electrons. The normalized spacial score (nSPS) is 11.2. The molecule has 0 radical (unpaired) electrons. The maximum absolute atomic E-state index is 11.6. The molecular weight excluding hydrogens is 276 g/mol. The number of rotatable bonds is 5. The number of benzene rings is 1. The van der Waals surface area contributed by atoms with Crippen molar-refractivity contribution in [3.63, 3.8) is 0 Å². The molecule has 0 bridgehead atoms. The fraction of sp³-hybridized carbons (Fsp3) is 0.438. The Balaban J connectivity index is 2.55. The van der Waals surface area contributed by atoms with Gasteiger partial charge in [-0.25, -0.2) is 4.79 Å². The van der Waals surface area contributed by atoms with Crippen LogP contribution in [-0.4, -0.2) is 6.10 Å². The summed E-state index contributed by atoms with van der Waals surface area (Å²) in [5.74, 6) is 0.546. The van der Waals surface area contributed by atoms with Crippen molar-refractivity contribution in [2.24, 2.45) is 0 Å². The average Bonchev–Trinajstić information content (AvgIpc) is 2.37. The Kier molecular flexibility index (Phi) is 4.71. The largest absolute Gasteiger partial charge is 0.489 e. The first kappa shape index (κ1) is 14.9. The molecule has 2 rings (SSSR count). The van der Waals surface area contributed by atoms with Crippen LogP contribution in [0.25, 0.3) is 11.0 Å². The Labute approximate surface area is 123 Å². The van der Waals surface area contributed by atoms with Crippen molar-refractivity contribution in [1.29, 1.82) is 0 Å². The molecule has 20 heavy (non-hydrogen) atoms. The predicted octanol–water partition coefficient (Wildman–Crippen LogP) is 4.58. The third-order valence-electron chi connectivity index (χ3n) is 3.05. The summed E-state index contributed by atoms with van der Waals surface area (Å²) in [6, 6.07) is 5.08. The molecule has 0 aliphatic heterocycles. The first-order chi connectivity index (χ1) is 9.51. The molecular formula is C16H19ClO3. The smallest absolute Gasteiger partial charge is 0.336 e. The molecule has 0 aliphatic rings. The highest BCUT2D eigenvalue weighted by atomic mass is 35.5. The van der Waals surface area contributed by atoms with E-state index in [4.69, 9.17) is 20.8 Å². The molecule has 0 aliphatic carbocycles. The van der Waals surface area contributed by atoms with Crippen LogP contribution in [0, 0.1) is 0 Å². The summed E-state index contributed by atoms with van der Waals surface area (Å²) in [5, 5.41) is 1.43. The minimum absolute atomic E-state index is 0.0138. The summed E-state index contributed by atoms with van der Waals surface area (Å²) in [6.07, 6.45) is 2.96. The van der Waals surface area contributed by atoms with E-state index in [1.54, 1.807) is 12.1 Å². The summed E-state index contributed by atoms with van der Waals surface area (Å²) < 4.78 is 10.9. The molecule has 1 aromatic carbocycles. The van der Waals surface area contributed by atoms with Gasteiger partial charge >= 0.3 is 5.63 Å². The van der Waals surface area contributed by atoms with Crippen molar-refractivity contribution in [2.75, 3.05) is 0 Å². The Bertz CT molecular complexity index is 659. The van der Waals surface area contributed by atoms with Crippen LogP contribution >= 0.6 is 11.6 Å². The Morgan fingerprint density at radius 1 is 1.30 bits per heavy atom. The zero-order valence-corrected chi connectivity index (χ0v) is 12.8. The number of hydrogen-bond acceptors (Lipinski definition) is 3. The molecule has 0 saturated carbocycles. The Morgan fingerprint density at radius 2 is 2.05 bits per heavy atom. The van der Waals surface area contributed by atoms with Gasteiger partial charge < -0.3 is 9.15 Å². The van der Waals surface area contributed by atoms with Crippen LogP contribution in [0.4, 0.5) is 0 Å². The highest BCUT2D eigenvalue weighted by molar-refractivity contribution is 6.32. The number of halogens is 1. The van der Waals surface area contributed by atoms with E-state index < -0.39 is 0 Å². The molecule has 1 heterocycles. The van der Waals surface area contributed by atoms with E-state index in [-0.39, 0.29) is 11.7 Å². The van der Waals surface area contributed by atoms with Crippen molar-refractivity contribution in [2.45, 2.75) is 46.1 Å². The van der Waals surface area contributed by atoms with Gasteiger partial charge in [0.2, 0.25) is 0 Å². The number of unbranched alkanes of at least 4 members (excludes halogenated alkanes) is 1. The lowest BCUT2D eigenvalue weighted by Crippen LogP contribution is -2.06. The standard InChI is InChI=1S/C16H19ClO3/c1-4-5-6-11-7-16(18)20-14-9-15(19-10(2)3)13(17)8-12(11)14/h7-10H,4-6H2,1-3H3. The molecule has 0 N–H and O–H groups in total. The maximum atomic E-state index is 11.6. The fourth-order valence-electron chi connectivity index (χ4n) is 2.15. The molecule has 0 fully saturated rings. The highest BCUT2D eigenvalue weighted by Gasteiger charge is 2.11. The lowest BCUT2D eigenvalue weighted by atomic mass is 10.0. The zero-order valence-electron chi connectivity index (χ0n) is 12.0. The van der Waals surface area contributed by atoms with Gasteiger partial charge in [0, 0.05) is 17.5 Å². The first-order valence-corrected chi connectivity index (χ1v) is 7.32. The molecule has 0 saturated heterocycles. The van der Waals surface area contributed by atoms with Gasteiger partial charge in [0.05, 0.1) is 11.1 Å². The fourth-order valence-corrected chi connectivity index (χ4v) is 2.35. The molecule has 0 unspecified atom stereocenters. The SMILES string of the molecule is CCCCc1cc(=O)oc2cc(OC(C)C)c(Cl)cc12. The van der Waals surface area contributed by atoms with Crippen molar-refractivity contribution in [3.8, 4) is 5.75 Å². The van der Waals surface area contributed by atoms with Gasteiger partial charge in [-0.2, -0.15) is 0 Å². The van der Waals surface area contributed by atoms with Gasteiger partial charge in [-0.1, -0.05) is 24.9 Å². The van der Waals surface area contributed by atoms with Crippen LogP contribution in [0.5, 0.6) is 5.75 Å². The van der Waals surface area contributed by atoms with Gasteiger partial charge in [0.1, 0.15) is 11.3 Å². The minimum atomic E-state index is -0.332. The molecule has 0 amide bonds. The van der Waals surface area contributed by atoms with Gasteiger partial charge in [0.25, 0.3) is 0 Å². The van der Waals surface area contributed by atoms with E-state index in [0.29, 0.717) is 16.4 Å². The quantitative estimate of drug-likeness (QED) is 0.758. The number of fused-ring (bicyclic) bond motifs is 1. The Morgan fingerprint density at radius 3 is 2.70 bits per heavy atom. The average molecular weight is 295 g/mol. The molecule has 4 heteroatoms. The van der Waals surface area contributed by atoms with Crippen LogP contribution in [0.1, 0.15) is 39.2 Å². The molecule has 3 nitrogen and oxygen atoms in total. The van der Waals surface area contributed by atoms with Crippen LogP contribution in [0.3, 0.4) is 0 Å². The van der Waals surface area contributed by atoms with E-state index in [1.165, 1.54) is 0 Å². The van der Waals surface area contributed by atoms with E-state index in [0.717, 1.165) is 30.2 Å². The summed E-state index contributed by atoms with van der Waals surface area (Å²) in [4.78, 5) is 11.6. The second-order valence-corrected chi connectivity index (χ2v) is 5.55. The summed E-state index contributed by atoms with van der Waals surface area (Å²) in [5.41, 5.74) is 1.18. The topological polar surface area (TPSA) is 39.4 Å². The number of aryl methyl sites for hydroxylation is 1. The van der Waals surface area contributed by atoms with E-state index in [1.807, 2.05) is 19.9 Å². The van der Waals surface area contributed by atoms with Crippen LogP contribution in [0.2, 0.25) is 5.02 Å². The third-order valence-corrected chi connectivity index (χ3v) is 3.34. The van der Waals surface area contributed by atoms with E-state index in [9.17, 15) is 4.79 Å². The van der Waals surface area contributed by atoms with E-state index >= 15 is 0 Å². The molecule has 1 aromatic heterocycles. The number of hydrogen-bond donors (Lipinski definition) is 0. The molecule has 0 spiro atoms. The lowest BCUT2D eigenvalue weighted by Gasteiger charge is -2.13. The van der Waals surface area contributed by atoms with Crippen molar-refractivity contribution >= 4 is 22.6 Å². The minimum Gasteiger partial charge on any atom is -0.489 e.